The normalized spacial score (nSPS) is 11.2. The van der Waals surface area contributed by atoms with E-state index in [9.17, 15) is 9.59 Å². The molecule has 0 saturated heterocycles. The van der Waals surface area contributed by atoms with Gasteiger partial charge in [0.1, 0.15) is 0 Å². The lowest BCUT2D eigenvalue weighted by atomic mass is 9.86. The molecule has 3 heteroatoms. The molecule has 1 aromatic carbocycles. The van der Waals surface area contributed by atoms with Gasteiger partial charge in [-0.25, -0.2) is 0 Å². The number of hydrogen-bond donors (Lipinski definition) is 0. The first-order chi connectivity index (χ1) is 7.36. The Balaban J connectivity index is 2.96. The third-order valence-electron chi connectivity index (χ3n) is 2.27. The van der Waals surface area contributed by atoms with E-state index >= 15 is 0 Å². The maximum absolute atomic E-state index is 11.9. The number of alkyl halides is 1. The largest absolute Gasteiger partial charge is 0.294 e. The van der Waals surface area contributed by atoms with Crippen LogP contribution in [0.25, 0.3) is 0 Å². The Hall–Kier alpha value is -0.960. The van der Waals surface area contributed by atoms with E-state index in [0.717, 1.165) is 0 Å². The van der Waals surface area contributed by atoms with Gasteiger partial charge in [-0.15, -0.1) is 0 Å². The lowest BCUT2D eigenvalue weighted by molar-refractivity contribution is 0.0857. The highest BCUT2D eigenvalue weighted by atomic mass is 79.9. The smallest absolute Gasteiger partial charge is 0.173 e. The highest BCUT2D eigenvalue weighted by molar-refractivity contribution is 9.09. The zero-order valence-corrected chi connectivity index (χ0v) is 11.3. The predicted octanol–water partition coefficient (Wildman–Crippen LogP) is 3.49. The molecule has 1 rings (SSSR count). The van der Waals surface area contributed by atoms with Crippen molar-refractivity contribution in [2.75, 3.05) is 5.33 Å². The second-order valence-corrected chi connectivity index (χ2v) is 5.27. The molecular weight excluding hydrogens is 268 g/mol. The molecule has 86 valence electrons. The van der Waals surface area contributed by atoms with Crippen molar-refractivity contribution in [2.45, 2.75) is 20.8 Å². The molecule has 1 aromatic rings. The third kappa shape index (κ3) is 3.01. The Morgan fingerprint density at radius 3 is 1.88 bits per heavy atom. The van der Waals surface area contributed by atoms with E-state index in [1.165, 1.54) is 0 Å². The monoisotopic (exact) mass is 282 g/mol. The van der Waals surface area contributed by atoms with Gasteiger partial charge in [-0.05, 0) is 0 Å². The van der Waals surface area contributed by atoms with E-state index in [1.54, 1.807) is 24.3 Å². The van der Waals surface area contributed by atoms with Gasteiger partial charge in [0.05, 0.1) is 5.33 Å². The van der Waals surface area contributed by atoms with Crippen LogP contribution in [0.3, 0.4) is 0 Å². The first-order valence-corrected chi connectivity index (χ1v) is 6.22. The molecular formula is C13H15BrO2. The van der Waals surface area contributed by atoms with Gasteiger partial charge in [0, 0.05) is 16.5 Å². The average Bonchev–Trinajstić information content (AvgIpc) is 2.26. The molecule has 0 bridgehead atoms. The highest BCUT2D eigenvalue weighted by Crippen LogP contribution is 2.21. The summed E-state index contributed by atoms with van der Waals surface area (Å²) >= 11 is 3.11. The zero-order valence-electron chi connectivity index (χ0n) is 9.71. The molecule has 16 heavy (non-hydrogen) atoms. The minimum Gasteiger partial charge on any atom is -0.294 e. The Morgan fingerprint density at radius 1 is 1.06 bits per heavy atom. The second-order valence-electron chi connectivity index (χ2n) is 4.71. The van der Waals surface area contributed by atoms with Crippen molar-refractivity contribution in [1.29, 1.82) is 0 Å². The van der Waals surface area contributed by atoms with E-state index in [0.29, 0.717) is 16.5 Å². The van der Waals surface area contributed by atoms with Crippen molar-refractivity contribution in [3.63, 3.8) is 0 Å². The van der Waals surface area contributed by atoms with Crippen LogP contribution in [0.5, 0.6) is 0 Å². The summed E-state index contributed by atoms with van der Waals surface area (Å²) in [5.74, 6) is 0.111. The van der Waals surface area contributed by atoms with E-state index in [2.05, 4.69) is 15.9 Å². The van der Waals surface area contributed by atoms with Crippen molar-refractivity contribution >= 4 is 27.5 Å². The number of carbonyl (C=O) groups is 2. The fraction of sp³-hybridized carbons (Fsp3) is 0.385. The Labute approximate surface area is 104 Å². The lowest BCUT2D eigenvalue weighted by Crippen LogP contribution is -2.20. The van der Waals surface area contributed by atoms with Gasteiger partial charge < -0.3 is 0 Å². The third-order valence-corrected chi connectivity index (χ3v) is 2.78. The molecule has 0 aromatic heterocycles. The summed E-state index contributed by atoms with van der Waals surface area (Å²) in [7, 11) is 0. The van der Waals surface area contributed by atoms with Crippen LogP contribution in [0.15, 0.2) is 24.3 Å². The Bertz CT molecular complexity index is 399. The summed E-state index contributed by atoms with van der Waals surface area (Å²) < 4.78 is 0. The van der Waals surface area contributed by atoms with Crippen molar-refractivity contribution in [3.8, 4) is 0 Å². The summed E-state index contributed by atoms with van der Waals surface area (Å²) in [5, 5.41) is 0.305. The van der Waals surface area contributed by atoms with Gasteiger partial charge in [0.25, 0.3) is 0 Å². The quantitative estimate of drug-likeness (QED) is 0.628. The molecule has 0 aliphatic carbocycles. The number of carbonyl (C=O) groups excluding carboxylic acids is 2. The number of Topliss-reactive ketones (excluding diaryl/α,β-unsaturated/α-hetero) is 2. The van der Waals surface area contributed by atoms with Gasteiger partial charge in [0.2, 0.25) is 0 Å². The van der Waals surface area contributed by atoms with Gasteiger partial charge in [-0.3, -0.25) is 9.59 Å². The van der Waals surface area contributed by atoms with Crippen LogP contribution in [0.2, 0.25) is 0 Å². The molecule has 0 fully saturated rings. The number of ketones is 2. The summed E-state index contributed by atoms with van der Waals surface area (Å²) in [6.07, 6.45) is 0. The van der Waals surface area contributed by atoms with Gasteiger partial charge >= 0.3 is 0 Å². The number of benzene rings is 1. The molecule has 0 spiro atoms. The SMILES string of the molecule is CC(C)(C)C(=O)c1ccc(C(=O)CBr)cc1. The van der Waals surface area contributed by atoms with Gasteiger partial charge in [-0.1, -0.05) is 61.0 Å². The summed E-state index contributed by atoms with van der Waals surface area (Å²) in [5.41, 5.74) is 0.891. The Morgan fingerprint density at radius 2 is 1.50 bits per heavy atom. The predicted molar refractivity (Wildman–Crippen MR) is 68.4 cm³/mol. The average molecular weight is 283 g/mol. The molecule has 0 amide bonds. The van der Waals surface area contributed by atoms with E-state index in [4.69, 9.17) is 0 Å². The molecule has 2 nitrogen and oxygen atoms in total. The van der Waals surface area contributed by atoms with Crippen LogP contribution in [-0.4, -0.2) is 16.9 Å². The molecule has 0 aliphatic heterocycles. The molecule has 0 unspecified atom stereocenters. The topological polar surface area (TPSA) is 34.1 Å². The molecule has 0 aliphatic rings. The van der Waals surface area contributed by atoms with Gasteiger partial charge in [-0.2, -0.15) is 0 Å². The van der Waals surface area contributed by atoms with Gasteiger partial charge in [0.15, 0.2) is 11.6 Å². The van der Waals surface area contributed by atoms with E-state index in [1.807, 2.05) is 20.8 Å². The van der Waals surface area contributed by atoms with Crippen LogP contribution in [0, 0.1) is 5.41 Å². The summed E-state index contributed by atoms with van der Waals surface area (Å²) in [6, 6.07) is 6.82. The standard InChI is InChI=1S/C13H15BrO2/c1-13(2,3)12(16)10-6-4-9(5-7-10)11(15)8-14/h4-7H,8H2,1-3H3. The fourth-order valence-electron chi connectivity index (χ4n) is 1.32. The summed E-state index contributed by atoms with van der Waals surface area (Å²) in [4.78, 5) is 23.3. The zero-order chi connectivity index (χ0) is 12.3. The van der Waals surface area contributed by atoms with Crippen molar-refractivity contribution in [2.24, 2.45) is 5.41 Å². The number of hydrogen-bond acceptors (Lipinski definition) is 2. The fourth-order valence-corrected chi connectivity index (χ4v) is 1.64. The van der Waals surface area contributed by atoms with Crippen LogP contribution < -0.4 is 0 Å². The Kier molecular flexibility index (Phi) is 4.03. The van der Waals surface area contributed by atoms with Crippen LogP contribution in [-0.2, 0) is 0 Å². The first-order valence-electron chi connectivity index (χ1n) is 5.10. The van der Waals surface area contributed by atoms with Crippen LogP contribution >= 0.6 is 15.9 Å². The first kappa shape index (κ1) is 13.1. The minimum atomic E-state index is -0.388. The maximum atomic E-state index is 11.9. The van der Waals surface area contributed by atoms with Crippen LogP contribution in [0.4, 0.5) is 0 Å². The van der Waals surface area contributed by atoms with Crippen LogP contribution in [0.1, 0.15) is 41.5 Å². The summed E-state index contributed by atoms with van der Waals surface area (Å²) in [6.45, 7) is 5.65. The van der Waals surface area contributed by atoms with E-state index < -0.39 is 0 Å². The molecule has 0 atom stereocenters. The minimum absolute atomic E-state index is 0.0229. The molecule has 0 saturated carbocycles. The van der Waals surface area contributed by atoms with Crippen molar-refractivity contribution in [1.82, 2.24) is 0 Å². The maximum Gasteiger partial charge on any atom is 0.173 e. The second kappa shape index (κ2) is 4.91. The highest BCUT2D eigenvalue weighted by Gasteiger charge is 2.22. The number of rotatable bonds is 3. The lowest BCUT2D eigenvalue weighted by Gasteiger charge is -2.16. The molecule has 0 radical (unpaired) electrons. The van der Waals surface area contributed by atoms with E-state index in [-0.39, 0.29) is 17.0 Å². The molecule has 0 N–H and O–H groups in total. The number of halogens is 1. The molecule has 0 heterocycles. The van der Waals surface area contributed by atoms with Crippen molar-refractivity contribution in [3.05, 3.63) is 35.4 Å². The van der Waals surface area contributed by atoms with Crippen molar-refractivity contribution < 1.29 is 9.59 Å².